The highest BCUT2D eigenvalue weighted by Gasteiger charge is 2.20. The maximum Gasteiger partial charge on any atom is 0.417 e. The summed E-state index contributed by atoms with van der Waals surface area (Å²) in [4.78, 5) is 24.0. The van der Waals surface area contributed by atoms with E-state index in [4.69, 9.17) is 4.42 Å². The Morgan fingerprint density at radius 1 is 1.44 bits per heavy atom. The molecule has 0 bridgehead atoms. The van der Waals surface area contributed by atoms with Crippen LogP contribution in [0.4, 0.5) is 0 Å². The fraction of sp³-hybridized carbons (Fsp3) is 0.385. The molecular formula is C13H16N2O3. The Balaban J connectivity index is 2.28. The van der Waals surface area contributed by atoms with Crippen LogP contribution in [0.2, 0.25) is 0 Å². The van der Waals surface area contributed by atoms with E-state index >= 15 is 0 Å². The van der Waals surface area contributed by atoms with Crippen LogP contribution >= 0.6 is 0 Å². The lowest BCUT2D eigenvalue weighted by molar-refractivity contribution is -0.107. The Hall–Kier alpha value is -1.88. The maximum absolute atomic E-state index is 11.1. The Labute approximate surface area is 104 Å². The molecule has 2 aromatic rings. The third kappa shape index (κ3) is 2.51. The number of hydrogen-bond acceptors (Lipinski definition) is 4. The average Bonchev–Trinajstić information content (AvgIpc) is 2.68. The molecule has 1 aromatic heterocycles. The number of aromatic nitrogens is 1. The third-order valence-electron chi connectivity index (χ3n) is 3.00. The van der Waals surface area contributed by atoms with Crippen LogP contribution < -0.4 is 11.1 Å². The molecule has 0 atom stereocenters. The molecule has 2 rings (SSSR count). The summed E-state index contributed by atoms with van der Waals surface area (Å²) in [6.45, 7) is 5.17. The third-order valence-corrected chi connectivity index (χ3v) is 3.00. The minimum absolute atomic E-state index is 0.134. The van der Waals surface area contributed by atoms with Crippen LogP contribution in [0.25, 0.3) is 11.1 Å². The molecule has 0 saturated heterocycles. The first kappa shape index (κ1) is 12.6. The van der Waals surface area contributed by atoms with E-state index < -0.39 is 5.76 Å². The largest absolute Gasteiger partial charge is 0.417 e. The Kier molecular flexibility index (Phi) is 3.34. The Bertz CT molecular complexity index is 610. The Morgan fingerprint density at radius 3 is 2.94 bits per heavy atom. The van der Waals surface area contributed by atoms with Crippen molar-refractivity contribution in [3.63, 3.8) is 0 Å². The van der Waals surface area contributed by atoms with Gasteiger partial charge in [0.25, 0.3) is 0 Å². The van der Waals surface area contributed by atoms with Gasteiger partial charge >= 0.3 is 5.76 Å². The monoisotopic (exact) mass is 248 g/mol. The molecule has 2 N–H and O–H groups in total. The molecule has 0 aliphatic carbocycles. The van der Waals surface area contributed by atoms with Crippen molar-refractivity contribution in [1.29, 1.82) is 0 Å². The zero-order valence-electron chi connectivity index (χ0n) is 10.4. The number of H-pyrrole nitrogens is 1. The van der Waals surface area contributed by atoms with Gasteiger partial charge in [-0.2, -0.15) is 0 Å². The van der Waals surface area contributed by atoms with Crippen LogP contribution in [0.15, 0.2) is 27.4 Å². The van der Waals surface area contributed by atoms with Crippen LogP contribution in [0.5, 0.6) is 0 Å². The van der Waals surface area contributed by atoms with Crippen molar-refractivity contribution >= 4 is 17.4 Å². The van der Waals surface area contributed by atoms with E-state index in [1.807, 2.05) is 12.1 Å². The summed E-state index contributed by atoms with van der Waals surface area (Å²) in [5.41, 5.74) is 2.19. The van der Waals surface area contributed by atoms with Gasteiger partial charge in [-0.3, -0.25) is 4.98 Å². The molecule has 0 aliphatic rings. The molecule has 18 heavy (non-hydrogen) atoms. The smallest absolute Gasteiger partial charge is 0.408 e. The van der Waals surface area contributed by atoms with E-state index in [-0.39, 0.29) is 5.41 Å². The SMILES string of the molecule is CC(C)(CNCC=O)c1ccc2oc(=O)[nH]c2c1. The van der Waals surface area contributed by atoms with Gasteiger partial charge in [-0.05, 0) is 17.7 Å². The van der Waals surface area contributed by atoms with Crippen LogP contribution in [-0.4, -0.2) is 24.4 Å². The summed E-state index contributed by atoms with van der Waals surface area (Å²) in [6.07, 6.45) is 0.840. The molecule has 0 fully saturated rings. The molecule has 0 aliphatic heterocycles. The number of carbonyl (C=O) groups is 1. The number of benzene rings is 1. The summed E-state index contributed by atoms with van der Waals surface area (Å²) in [5, 5.41) is 3.06. The van der Waals surface area contributed by atoms with Gasteiger partial charge in [0.2, 0.25) is 0 Å². The molecule has 5 heteroatoms. The van der Waals surface area contributed by atoms with Gasteiger partial charge < -0.3 is 14.5 Å². The number of aldehydes is 1. The topological polar surface area (TPSA) is 75.1 Å². The first-order chi connectivity index (χ1) is 8.53. The standard InChI is InChI=1S/C13H16N2O3/c1-13(2,8-14-5-6-16)9-3-4-11-10(7-9)15-12(17)18-11/h3-4,6-7,14H,5,8H2,1-2H3,(H,15,17). The maximum atomic E-state index is 11.1. The molecule has 0 amide bonds. The van der Waals surface area contributed by atoms with Crippen molar-refractivity contribution in [3.05, 3.63) is 34.3 Å². The van der Waals surface area contributed by atoms with Crippen molar-refractivity contribution in [1.82, 2.24) is 10.3 Å². The molecule has 0 saturated carbocycles. The lowest BCUT2D eigenvalue weighted by Crippen LogP contribution is -2.33. The molecular weight excluding hydrogens is 232 g/mol. The number of carbonyl (C=O) groups excluding carboxylic acids is 1. The van der Waals surface area contributed by atoms with E-state index in [9.17, 15) is 9.59 Å². The average molecular weight is 248 g/mol. The lowest BCUT2D eigenvalue weighted by atomic mass is 9.84. The number of aromatic amines is 1. The van der Waals surface area contributed by atoms with E-state index in [0.29, 0.717) is 24.2 Å². The summed E-state index contributed by atoms with van der Waals surface area (Å²) in [5.74, 6) is -0.445. The zero-order chi connectivity index (χ0) is 13.2. The second kappa shape index (κ2) is 4.78. The predicted octanol–water partition coefficient (Wildman–Crippen LogP) is 1.19. The first-order valence-electron chi connectivity index (χ1n) is 5.81. The fourth-order valence-corrected chi connectivity index (χ4v) is 1.92. The van der Waals surface area contributed by atoms with Gasteiger partial charge in [-0.25, -0.2) is 4.79 Å². The number of oxazole rings is 1. The fourth-order valence-electron chi connectivity index (χ4n) is 1.92. The predicted molar refractivity (Wildman–Crippen MR) is 68.8 cm³/mol. The first-order valence-corrected chi connectivity index (χ1v) is 5.81. The van der Waals surface area contributed by atoms with E-state index in [0.717, 1.165) is 11.8 Å². The number of rotatable bonds is 5. The highest BCUT2D eigenvalue weighted by atomic mass is 16.4. The summed E-state index contributed by atoms with van der Waals surface area (Å²) < 4.78 is 4.96. The highest BCUT2D eigenvalue weighted by molar-refractivity contribution is 5.73. The number of fused-ring (bicyclic) bond motifs is 1. The minimum atomic E-state index is -0.445. The van der Waals surface area contributed by atoms with Gasteiger partial charge in [0.15, 0.2) is 5.58 Å². The minimum Gasteiger partial charge on any atom is -0.408 e. The van der Waals surface area contributed by atoms with Crippen molar-refractivity contribution in [2.24, 2.45) is 0 Å². The summed E-state index contributed by atoms with van der Waals surface area (Å²) >= 11 is 0. The second-order valence-electron chi connectivity index (χ2n) is 4.91. The summed E-state index contributed by atoms with van der Waals surface area (Å²) in [6, 6.07) is 5.62. The molecule has 0 spiro atoms. The quantitative estimate of drug-likeness (QED) is 0.615. The highest BCUT2D eigenvalue weighted by Crippen LogP contribution is 2.25. The van der Waals surface area contributed by atoms with E-state index in [1.165, 1.54) is 0 Å². The Morgan fingerprint density at radius 2 is 2.22 bits per heavy atom. The van der Waals surface area contributed by atoms with Crippen molar-refractivity contribution < 1.29 is 9.21 Å². The number of hydrogen-bond donors (Lipinski definition) is 2. The van der Waals surface area contributed by atoms with E-state index in [1.54, 1.807) is 6.07 Å². The normalized spacial score (nSPS) is 11.9. The van der Waals surface area contributed by atoms with Gasteiger partial charge in [-0.1, -0.05) is 19.9 Å². The van der Waals surface area contributed by atoms with Crippen molar-refractivity contribution in [2.75, 3.05) is 13.1 Å². The van der Waals surface area contributed by atoms with Crippen LogP contribution in [0, 0.1) is 0 Å². The molecule has 5 nitrogen and oxygen atoms in total. The van der Waals surface area contributed by atoms with Crippen LogP contribution in [0.3, 0.4) is 0 Å². The second-order valence-corrected chi connectivity index (χ2v) is 4.91. The number of nitrogens with one attached hydrogen (secondary N) is 2. The zero-order valence-corrected chi connectivity index (χ0v) is 10.4. The lowest BCUT2D eigenvalue weighted by Gasteiger charge is -2.25. The molecule has 1 aromatic carbocycles. The molecule has 0 radical (unpaired) electrons. The van der Waals surface area contributed by atoms with Gasteiger partial charge in [0.05, 0.1) is 12.1 Å². The van der Waals surface area contributed by atoms with Crippen LogP contribution in [0.1, 0.15) is 19.4 Å². The van der Waals surface area contributed by atoms with E-state index in [2.05, 4.69) is 24.1 Å². The van der Waals surface area contributed by atoms with Crippen molar-refractivity contribution in [3.8, 4) is 0 Å². The van der Waals surface area contributed by atoms with Crippen LogP contribution in [-0.2, 0) is 10.2 Å². The van der Waals surface area contributed by atoms with Gasteiger partial charge in [-0.15, -0.1) is 0 Å². The van der Waals surface area contributed by atoms with Gasteiger partial charge in [0.1, 0.15) is 6.29 Å². The molecule has 0 unspecified atom stereocenters. The van der Waals surface area contributed by atoms with Gasteiger partial charge in [0, 0.05) is 12.0 Å². The van der Waals surface area contributed by atoms with Crippen molar-refractivity contribution in [2.45, 2.75) is 19.3 Å². The summed E-state index contributed by atoms with van der Waals surface area (Å²) in [7, 11) is 0. The molecule has 96 valence electrons. The molecule has 1 heterocycles.